The number of amides is 2. The van der Waals surface area contributed by atoms with Gasteiger partial charge in [-0.3, -0.25) is 9.59 Å². The summed E-state index contributed by atoms with van der Waals surface area (Å²) in [5, 5.41) is 0. The molecule has 7 heteroatoms. The highest BCUT2D eigenvalue weighted by Gasteiger charge is 2.58. The molecule has 0 N–H and O–H groups in total. The number of likely N-dealkylation sites (N-methyl/N-ethyl adjacent to an activating group) is 1. The summed E-state index contributed by atoms with van der Waals surface area (Å²) in [5.74, 6) is 0.758. The number of rotatable bonds is 10. The third kappa shape index (κ3) is 4.78. The maximum Gasteiger partial charge on any atom is 0.494 e. The SMILES string of the molecule is CCN1CCN(C(=O)c2cccc(B3OC(CC)(CC)C(CC)(CC)O3)c2)C(CCC2CC2)C1=O. The topological polar surface area (TPSA) is 59.1 Å². The van der Waals surface area contributed by atoms with E-state index in [1.165, 1.54) is 12.8 Å². The quantitative estimate of drug-likeness (QED) is 0.464. The molecule has 35 heavy (non-hydrogen) atoms. The van der Waals surface area contributed by atoms with Gasteiger partial charge in [0.1, 0.15) is 6.04 Å². The highest BCUT2D eigenvalue weighted by Crippen LogP contribution is 2.46. The van der Waals surface area contributed by atoms with Crippen LogP contribution in [0.4, 0.5) is 0 Å². The van der Waals surface area contributed by atoms with Crippen molar-refractivity contribution in [3.63, 3.8) is 0 Å². The first-order valence-electron chi connectivity index (χ1n) is 13.9. The Morgan fingerprint density at radius 3 is 2.14 bits per heavy atom. The number of benzene rings is 1. The molecular weight excluding hydrogens is 439 g/mol. The number of hydrogen-bond acceptors (Lipinski definition) is 4. The van der Waals surface area contributed by atoms with Crippen LogP contribution in [0.25, 0.3) is 0 Å². The first-order chi connectivity index (χ1) is 16.9. The first kappa shape index (κ1) is 26.2. The van der Waals surface area contributed by atoms with Gasteiger partial charge in [0.15, 0.2) is 0 Å². The van der Waals surface area contributed by atoms with Crippen molar-refractivity contribution in [1.29, 1.82) is 0 Å². The molecule has 0 bridgehead atoms. The van der Waals surface area contributed by atoms with E-state index in [4.69, 9.17) is 9.31 Å². The van der Waals surface area contributed by atoms with Crippen LogP contribution in [0.2, 0.25) is 0 Å². The van der Waals surface area contributed by atoms with E-state index in [2.05, 4.69) is 27.7 Å². The van der Waals surface area contributed by atoms with Gasteiger partial charge in [-0.1, -0.05) is 52.7 Å². The Morgan fingerprint density at radius 1 is 0.971 bits per heavy atom. The third-order valence-corrected chi connectivity index (χ3v) is 8.96. The first-order valence-corrected chi connectivity index (χ1v) is 13.9. The molecule has 2 amide bonds. The Hall–Kier alpha value is -1.86. The number of carbonyl (C=O) groups is 2. The van der Waals surface area contributed by atoms with Gasteiger partial charge >= 0.3 is 7.12 Å². The molecule has 1 aromatic rings. The molecule has 1 unspecified atom stereocenters. The van der Waals surface area contributed by atoms with Crippen LogP contribution in [0, 0.1) is 5.92 Å². The van der Waals surface area contributed by atoms with Gasteiger partial charge in [-0.05, 0) is 69.0 Å². The van der Waals surface area contributed by atoms with Crippen LogP contribution in [-0.2, 0) is 14.1 Å². The fraction of sp³-hybridized carbons (Fsp3) is 0.714. The monoisotopic (exact) mass is 482 g/mol. The van der Waals surface area contributed by atoms with E-state index < -0.39 is 7.12 Å². The van der Waals surface area contributed by atoms with Gasteiger partial charge in [0.2, 0.25) is 5.91 Å². The van der Waals surface area contributed by atoms with Crippen molar-refractivity contribution in [3.05, 3.63) is 29.8 Å². The minimum Gasteiger partial charge on any atom is -0.399 e. The lowest BCUT2D eigenvalue weighted by Gasteiger charge is -2.42. The van der Waals surface area contributed by atoms with Crippen LogP contribution in [0.5, 0.6) is 0 Å². The normalized spacial score (nSPS) is 23.7. The third-order valence-electron chi connectivity index (χ3n) is 8.96. The van der Waals surface area contributed by atoms with E-state index in [0.29, 0.717) is 25.2 Å². The van der Waals surface area contributed by atoms with Gasteiger partial charge in [0, 0.05) is 25.2 Å². The molecule has 2 aliphatic heterocycles. The summed E-state index contributed by atoms with van der Waals surface area (Å²) in [6, 6.07) is 7.31. The highest BCUT2D eigenvalue weighted by atomic mass is 16.7. The fourth-order valence-corrected chi connectivity index (χ4v) is 6.37. The molecule has 192 valence electrons. The molecule has 6 nitrogen and oxygen atoms in total. The molecule has 0 aromatic heterocycles. The summed E-state index contributed by atoms with van der Waals surface area (Å²) in [6.07, 6.45) is 7.81. The molecule has 0 spiro atoms. The standard InChI is InChI=1S/C28H43BN2O4/c1-6-27(7-2)28(8-3,9-4)35-29(34-27)23-13-11-12-22(20-23)25(32)31-19-18-30(10-5)26(33)24(31)17-16-21-14-15-21/h11-13,20-21,24H,6-10,14-19H2,1-5H3. The van der Waals surface area contributed by atoms with Gasteiger partial charge in [0.25, 0.3) is 5.91 Å². The molecule has 3 aliphatic rings. The van der Waals surface area contributed by atoms with E-state index in [1.807, 2.05) is 41.0 Å². The zero-order valence-electron chi connectivity index (χ0n) is 22.3. The van der Waals surface area contributed by atoms with Crippen molar-refractivity contribution in [3.8, 4) is 0 Å². The predicted octanol–water partition coefficient (Wildman–Crippen LogP) is 4.41. The summed E-state index contributed by atoms with van der Waals surface area (Å²) in [5.41, 5.74) is 0.808. The minimum absolute atomic E-state index is 0.0655. The zero-order chi connectivity index (χ0) is 25.2. The van der Waals surface area contributed by atoms with Crippen molar-refractivity contribution in [2.75, 3.05) is 19.6 Å². The second-order valence-corrected chi connectivity index (χ2v) is 10.5. The molecule has 2 heterocycles. The molecular formula is C28H43BN2O4. The number of hydrogen-bond donors (Lipinski definition) is 0. The number of nitrogens with zero attached hydrogens (tertiary/aromatic N) is 2. The Bertz CT molecular complexity index is 890. The fourth-order valence-electron chi connectivity index (χ4n) is 6.37. The van der Waals surface area contributed by atoms with Crippen LogP contribution in [0.3, 0.4) is 0 Å². The lowest BCUT2D eigenvalue weighted by molar-refractivity contribution is -0.140. The van der Waals surface area contributed by atoms with Gasteiger partial charge in [-0.25, -0.2) is 0 Å². The van der Waals surface area contributed by atoms with Gasteiger partial charge in [-0.15, -0.1) is 0 Å². The van der Waals surface area contributed by atoms with E-state index in [-0.39, 0.29) is 29.1 Å². The van der Waals surface area contributed by atoms with Crippen molar-refractivity contribution in [2.45, 2.75) is 103 Å². The Kier molecular flexibility index (Phi) is 7.97. The second kappa shape index (κ2) is 10.6. The molecule has 0 radical (unpaired) electrons. The van der Waals surface area contributed by atoms with E-state index >= 15 is 0 Å². The van der Waals surface area contributed by atoms with Crippen LogP contribution in [-0.4, -0.2) is 65.6 Å². The maximum absolute atomic E-state index is 13.7. The summed E-state index contributed by atoms with van der Waals surface area (Å²) in [7, 11) is -0.494. The second-order valence-electron chi connectivity index (χ2n) is 10.5. The van der Waals surface area contributed by atoms with Crippen molar-refractivity contribution in [2.24, 2.45) is 5.92 Å². The van der Waals surface area contributed by atoms with Crippen molar-refractivity contribution < 1.29 is 18.9 Å². The molecule has 1 atom stereocenters. The Labute approximate surface area is 211 Å². The summed E-state index contributed by atoms with van der Waals surface area (Å²) in [6.45, 7) is 12.6. The number of carbonyl (C=O) groups excluding carboxylic acids is 2. The minimum atomic E-state index is -0.494. The zero-order valence-corrected chi connectivity index (χ0v) is 22.3. The highest BCUT2D eigenvalue weighted by molar-refractivity contribution is 6.62. The van der Waals surface area contributed by atoms with Gasteiger partial charge in [-0.2, -0.15) is 0 Å². The van der Waals surface area contributed by atoms with Crippen LogP contribution < -0.4 is 5.46 Å². The van der Waals surface area contributed by atoms with E-state index in [0.717, 1.165) is 49.9 Å². The van der Waals surface area contributed by atoms with Crippen molar-refractivity contribution >= 4 is 24.4 Å². The molecule has 1 aliphatic carbocycles. The van der Waals surface area contributed by atoms with Gasteiger partial charge < -0.3 is 19.1 Å². The maximum atomic E-state index is 13.7. The molecule has 4 rings (SSSR count). The molecule has 1 aromatic carbocycles. The Balaban J connectivity index is 1.57. The lowest BCUT2D eigenvalue weighted by Crippen LogP contribution is -2.58. The lowest BCUT2D eigenvalue weighted by atomic mass is 9.75. The van der Waals surface area contributed by atoms with E-state index in [9.17, 15) is 9.59 Å². The van der Waals surface area contributed by atoms with Crippen molar-refractivity contribution in [1.82, 2.24) is 9.80 Å². The summed E-state index contributed by atoms with van der Waals surface area (Å²) >= 11 is 0. The smallest absolute Gasteiger partial charge is 0.399 e. The number of piperazine rings is 1. The van der Waals surface area contributed by atoms with Crippen LogP contribution >= 0.6 is 0 Å². The van der Waals surface area contributed by atoms with Gasteiger partial charge in [0.05, 0.1) is 11.2 Å². The largest absolute Gasteiger partial charge is 0.494 e. The average Bonchev–Trinajstić information content (AvgIpc) is 3.66. The van der Waals surface area contributed by atoms with E-state index in [1.54, 1.807) is 0 Å². The molecule has 3 fully saturated rings. The Morgan fingerprint density at radius 2 is 1.60 bits per heavy atom. The predicted molar refractivity (Wildman–Crippen MR) is 140 cm³/mol. The summed E-state index contributed by atoms with van der Waals surface area (Å²) < 4.78 is 13.3. The summed E-state index contributed by atoms with van der Waals surface area (Å²) in [4.78, 5) is 30.6. The average molecular weight is 482 g/mol. The van der Waals surface area contributed by atoms with Crippen LogP contribution in [0.1, 0.15) is 96.3 Å². The molecule has 1 saturated carbocycles. The molecule has 2 saturated heterocycles. The van der Waals surface area contributed by atoms with Crippen LogP contribution in [0.15, 0.2) is 24.3 Å².